The molecule has 0 saturated carbocycles. The third kappa shape index (κ3) is 6.17. The summed E-state index contributed by atoms with van der Waals surface area (Å²) in [5.41, 5.74) is 6.27. The second kappa shape index (κ2) is 11.4. The topological polar surface area (TPSA) is 195 Å². The quantitative estimate of drug-likeness (QED) is 0.183. The minimum absolute atomic E-state index is 0.0468. The molecule has 0 radical (unpaired) electrons. The summed E-state index contributed by atoms with van der Waals surface area (Å²) >= 11 is 1.14. The van der Waals surface area contributed by atoms with Crippen molar-refractivity contribution in [2.45, 2.75) is 62.2 Å². The maximum Gasteiger partial charge on any atom is 0.338 e. The maximum absolute atomic E-state index is 12.2. The highest BCUT2D eigenvalue weighted by molar-refractivity contribution is 7.99. The molecule has 1 aliphatic heterocycles. The van der Waals surface area contributed by atoms with Crippen LogP contribution in [0.25, 0.3) is 11.2 Å². The number of ether oxygens (including phenoxy) is 3. The summed E-state index contributed by atoms with van der Waals surface area (Å²) in [7, 11) is 0. The van der Waals surface area contributed by atoms with Crippen LogP contribution in [0, 0.1) is 0 Å². The van der Waals surface area contributed by atoms with Gasteiger partial charge in [0.25, 0.3) is 0 Å². The molecule has 0 bridgehead atoms. The SMILES string of the molecule is CC(C)(C)OC(=O)c1ccc(OC[C@@H](O)CSc2nc3c(N)ncnc3n2C2OC(CO)C(O)C2O)cc1. The van der Waals surface area contributed by atoms with Crippen LogP contribution in [0.2, 0.25) is 0 Å². The van der Waals surface area contributed by atoms with Crippen molar-refractivity contribution < 1.29 is 39.4 Å². The fourth-order valence-electron chi connectivity index (χ4n) is 3.77. The van der Waals surface area contributed by atoms with Gasteiger partial charge in [0.05, 0.1) is 18.3 Å². The summed E-state index contributed by atoms with van der Waals surface area (Å²) in [6, 6.07) is 6.39. The van der Waals surface area contributed by atoms with Gasteiger partial charge in [0.15, 0.2) is 28.4 Å². The first-order valence-electron chi connectivity index (χ1n) is 11.9. The maximum atomic E-state index is 12.2. The first kappa shape index (κ1) is 28.0. The minimum atomic E-state index is -1.36. The van der Waals surface area contributed by atoms with Crippen LogP contribution in [-0.2, 0) is 9.47 Å². The molecule has 4 rings (SSSR count). The number of nitrogens with zero attached hydrogens (tertiary/aromatic N) is 4. The van der Waals surface area contributed by atoms with Crippen molar-refractivity contribution in [3.63, 3.8) is 0 Å². The number of hydrogen-bond donors (Lipinski definition) is 5. The molecule has 1 saturated heterocycles. The van der Waals surface area contributed by atoms with Gasteiger partial charge in [-0.15, -0.1) is 0 Å². The lowest BCUT2D eigenvalue weighted by molar-refractivity contribution is -0.0548. The number of nitrogens with two attached hydrogens (primary N) is 1. The lowest BCUT2D eigenvalue weighted by atomic mass is 10.1. The molecule has 0 aliphatic carbocycles. The molecular weight excluding hydrogens is 518 g/mol. The van der Waals surface area contributed by atoms with E-state index in [0.717, 1.165) is 11.8 Å². The van der Waals surface area contributed by atoms with Crippen LogP contribution >= 0.6 is 11.8 Å². The molecule has 1 fully saturated rings. The summed E-state index contributed by atoms with van der Waals surface area (Å²) in [5.74, 6) is 0.272. The van der Waals surface area contributed by atoms with E-state index in [1.807, 2.05) is 0 Å². The molecule has 2 aromatic heterocycles. The first-order chi connectivity index (χ1) is 18.0. The second-order valence-electron chi connectivity index (χ2n) is 9.73. The lowest BCUT2D eigenvalue weighted by Gasteiger charge is -2.20. The number of esters is 1. The Kier molecular flexibility index (Phi) is 8.40. The van der Waals surface area contributed by atoms with E-state index < -0.39 is 48.8 Å². The van der Waals surface area contributed by atoms with Gasteiger partial charge in [-0.05, 0) is 45.0 Å². The lowest BCUT2D eigenvalue weighted by Crippen LogP contribution is -2.33. The van der Waals surface area contributed by atoms with E-state index in [4.69, 9.17) is 19.9 Å². The van der Waals surface area contributed by atoms with E-state index in [9.17, 15) is 25.2 Å². The fraction of sp³-hybridized carbons (Fsp3) is 0.500. The number of hydrogen-bond acceptors (Lipinski definition) is 13. The van der Waals surface area contributed by atoms with E-state index in [-0.39, 0.29) is 29.3 Å². The van der Waals surface area contributed by atoms with Crippen molar-refractivity contribution in [2.75, 3.05) is 24.7 Å². The highest BCUT2D eigenvalue weighted by Crippen LogP contribution is 2.36. The number of carbonyl (C=O) groups excluding carboxylic acids is 1. The molecule has 0 spiro atoms. The Bertz CT molecular complexity index is 1270. The highest BCUT2D eigenvalue weighted by atomic mass is 32.2. The van der Waals surface area contributed by atoms with E-state index in [0.29, 0.717) is 16.5 Å². The van der Waals surface area contributed by atoms with Crippen LogP contribution < -0.4 is 10.5 Å². The Labute approximate surface area is 222 Å². The number of imidazole rings is 1. The Balaban J connectivity index is 1.42. The molecule has 3 aromatic rings. The van der Waals surface area contributed by atoms with Gasteiger partial charge in [-0.1, -0.05) is 11.8 Å². The summed E-state index contributed by atoms with van der Waals surface area (Å²) in [6.07, 6.45) is -4.46. The summed E-state index contributed by atoms with van der Waals surface area (Å²) in [5, 5.41) is 41.1. The second-order valence-corrected chi connectivity index (χ2v) is 10.7. The molecule has 13 nitrogen and oxygen atoms in total. The summed E-state index contributed by atoms with van der Waals surface area (Å²) in [6.45, 7) is 4.83. The largest absolute Gasteiger partial charge is 0.491 e. The Morgan fingerprint density at radius 1 is 1.21 bits per heavy atom. The predicted molar refractivity (Wildman–Crippen MR) is 137 cm³/mol. The molecule has 3 heterocycles. The molecular formula is C24H31N5O8S. The number of aliphatic hydroxyl groups is 4. The highest BCUT2D eigenvalue weighted by Gasteiger charge is 2.45. The molecule has 6 N–H and O–H groups in total. The standard InChI is InChI=1S/C24H31N5O8S/c1-24(2,3)37-22(34)12-4-6-14(7-5-12)35-9-13(31)10-38-23-28-16-19(25)26-11-27-20(16)29(23)21-18(33)17(32)15(8-30)36-21/h4-7,11,13,15,17-18,21,30-33H,8-10H2,1-3H3,(H2,25,26,27)/t13-,15?,17?,18?,21?/m1/s1. The zero-order valence-electron chi connectivity index (χ0n) is 21.1. The van der Waals surface area contributed by atoms with Gasteiger partial charge in [-0.2, -0.15) is 0 Å². The van der Waals surface area contributed by atoms with Crippen molar-refractivity contribution in [3.05, 3.63) is 36.2 Å². The normalized spacial score (nSPS) is 22.5. The first-order valence-corrected chi connectivity index (χ1v) is 12.8. The zero-order chi connectivity index (χ0) is 27.6. The number of fused-ring (bicyclic) bond motifs is 1. The summed E-state index contributed by atoms with van der Waals surface area (Å²) < 4.78 is 18.1. The number of carbonyl (C=O) groups is 1. The third-order valence-corrected chi connectivity index (χ3v) is 6.68. The van der Waals surface area contributed by atoms with Crippen LogP contribution in [-0.4, -0.2) is 94.9 Å². The van der Waals surface area contributed by atoms with Gasteiger partial charge < -0.3 is 40.4 Å². The Morgan fingerprint density at radius 2 is 1.92 bits per heavy atom. The monoisotopic (exact) mass is 549 g/mol. The van der Waals surface area contributed by atoms with Crippen molar-refractivity contribution in [3.8, 4) is 5.75 Å². The number of benzene rings is 1. The minimum Gasteiger partial charge on any atom is -0.491 e. The zero-order valence-corrected chi connectivity index (χ0v) is 21.9. The fourth-order valence-corrected chi connectivity index (χ4v) is 4.69. The van der Waals surface area contributed by atoms with Gasteiger partial charge >= 0.3 is 5.97 Å². The van der Waals surface area contributed by atoms with Crippen molar-refractivity contribution in [1.82, 2.24) is 19.5 Å². The number of aromatic nitrogens is 4. The average Bonchev–Trinajstić information content (AvgIpc) is 3.38. The van der Waals surface area contributed by atoms with E-state index in [1.165, 1.54) is 10.9 Å². The van der Waals surface area contributed by atoms with Gasteiger partial charge in [-0.25, -0.2) is 19.7 Å². The van der Waals surface area contributed by atoms with Crippen molar-refractivity contribution in [2.24, 2.45) is 0 Å². The molecule has 1 aromatic carbocycles. The van der Waals surface area contributed by atoms with Crippen molar-refractivity contribution >= 4 is 34.7 Å². The molecule has 206 valence electrons. The predicted octanol–water partition coefficient (Wildman–Crippen LogP) is 0.507. The molecule has 4 unspecified atom stereocenters. The molecule has 14 heteroatoms. The Hall–Kier alpha value is -3.01. The Morgan fingerprint density at radius 3 is 2.55 bits per heavy atom. The van der Waals surface area contributed by atoms with Crippen molar-refractivity contribution in [1.29, 1.82) is 0 Å². The average molecular weight is 550 g/mol. The van der Waals surface area contributed by atoms with Crippen LogP contribution in [0.1, 0.15) is 37.4 Å². The number of rotatable bonds is 9. The smallest absolute Gasteiger partial charge is 0.338 e. The van der Waals surface area contributed by atoms with Crippen LogP contribution in [0.15, 0.2) is 35.7 Å². The van der Waals surface area contributed by atoms with E-state index in [1.54, 1.807) is 45.0 Å². The van der Waals surface area contributed by atoms with Gasteiger partial charge in [0, 0.05) is 5.75 Å². The number of anilines is 1. The van der Waals surface area contributed by atoms with Crippen LogP contribution in [0.5, 0.6) is 5.75 Å². The summed E-state index contributed by atoms with van der Waals surface area (Å²) in [4.78, 5) is 24.7. The van der Waals surface area contributed by atoms with Crippen LogP contribution in [0.4, 0.5) is 5.82 Å². The number of aliphatic hydroxyl groups excluding tert-OH is 4. The molecule has 0 amide bonds. The van der Waals surface area contributed by atoms with Crippen LogP contribution in [0.3, 0.4) is 0 Å². The molecule has 5 atom stereocenters. The van der Waals surface area contributed by atoms with Gasteiger partial charge in [0.1, 0.15) is 42.6 Å². The third-order valence-electron chi connectivity index (χ3n) is 5.58. The van der Waals surface area contributed by atoms with Gasteiger partial charge in [0.2, 0.25) is 0 Å². The molecule has 38 heavy (non-hydrogen) atoms. The van der Waals surface area contributed by atoms with E-state index >= 15 is 0 Å². The molecule has 1 aliphatic rings. The van der Waals surface area contributed by atoms with E-state index in [2.05, 4.69) is 15.0 Å². The number of thioether (sulfide) groups is 1. The number of nitrogen functional groups attached to an aromatic ring is 1. The van der Waals surface area contributed by atoms with Gasteiger partial charge in [-0.3, -0.25) is 4.57 Å².